The summed E-state index contributed by atoms with van der Waals surface area (Å²) < 4.78 is 21.4. The number of hydrogen-bond acceptors (Lipinski definition) is 6. The molecule has 2 aliphatic rings. The lowest BCUT2D eigenvalue weighted by atomic mass is 10.1. The van der Waals surface area contributed by atoms with Crippen molar-refractivity contribution in [2.75, 3.05) is 35.2 Å². The monoisotopic (exact) mass is 452 g/mol. The predicted molar refractivity (Wildman–Crippen MR) is 129 cm³/mol. The van der Waals surface area contributed by atoms with E-state index in [4.69, 9.17) is 10.7 Å². The van der Waals surface area contributed by atoms with Crippen LogP contribution in [0.5, 0.6) is 0 Å². The van der Waals surface area contributed by atoms with E-state index in [1.165, 1.54) is 0 Å². The standard InChI is InChI=1S/C24H28N4O3S/c1-16-6-7-20-19(12-16)21(27-9-8-18(15-27)24(25)29)13-23(26-20)28-10-11-32(30,31)22-5-3-2-4-17(22)14-28/h2-7,12-13,18,30-31H,8-11,14-15H2,1H3,(H2,25,29). The Hall–Kier alpha value is -2.81. The molecular formula is C24H28N4O3S. The Balaban J connectivity index is 1.58. The second-order valence-corrected chi connectivity index (χ2v) is 10.9. The number of fused-ring (bicyclic) bond motifs is 2. The Kier molecular flexibility index (Phi) is 5.23. The van der Waals surface area contributed by atoms with E-state index in [0.717, 1.165) is 46.5 Å². The van der Waals surface area contributed by atoms with Gasteiger partial charge in [-0.2, -0.15) is 10.6 Å². The highest BCUT2D eigenvalue weighted by Crippen LogP contribution is 2.51. The fourth-order valence-electron chi connectivity index (χ4n) is 4.72. The van der Waals surface area contributed by atoms with Crippen molar-refractivity contribution in [3.05, 3.63) is 59.7 Å². The van der Waals surface area contributed by atoms with Crippen LogP contribution in [0.3, 0.4) is 0 Å². The van der Waals surface area contributed by atoms with Crippen LogP contribution in [-0.2, 0) is 11.3 Å². The lowest BCUT2D eigenvalue weighted by Crippen LogP contribution is -2.28. The van der Waals surface area contributed by atoms with Gasteiger partial charge in [0.2, 0.25) is 5.91 Å². The summed E-state index contributed by atoms with van der Waals surface area (Å²) in [7, 11) is -2.84. The number of hydrogen-bond donors (Lipinski definition) is 3. The van der Waals surface area contributed by atoms with E-state index in [1.54, 1.807) is 0 Å². The third-order valence-corrected chi connectivity index (χ3v) is 8.37. The molecule has 3 aromatic rings. The summed E-state index contributed by atoms with van der Waals surface area (Å²) in [5.41, 5.74) is 9.56. The zero-order valence-corrected chi connectivity index (χ0v) is 18.9. The molecule has 0 bridgehead atoms. The quantitative estimate of drug-likeness (QED) is 0.555. The second kappa shape index (κ2) is 7.95. The number of aryl methyl sites for hydroxylation is 1. The van der Waals surface area contributed by atoms with E-state index in [9.17, 15) is 13.9 Å². The van der Waals surface area contributed by atoms with Gasteiger partial charge in [0.15, 0.2) is 0 Å². The minimum absolute atomic E-state index is 0.149. The van der Waals surface area contributed by atoms with Gasteiger partial charge in [0.1, 0.15) is 5.82 Å². The molecule has 1 saturated heterocycles. The highest BCUT2D eigenvalue weighted by molar-refractivity contribution is 8.24. The van der Waals surface area contributed by atoms with Crippen molar-refractivity contribution in [3.63, 3.8) is 0 Å². The van der Waals surface area contributed by atoms with E-state index < -0.39 is 10.6 Å². The Morgan fingerprint density at radius 2 is 1.94 bits per heavy atom. The molecule has 0 aliphatic carbocycles. The maximum absolute atomic E-state index is 11.8. The molecule has 8 heteroatoms. The molecule has 168 valence electrons. The first-order chi connectivity index (χ1) is 15.3. The molecule has 5 rings (SSSR count). The van der Waals surface area contributed by atoms with Crippen LogP contribution in [0.4, 0.5) is 11.5 Å². The fourth-order valence-corrected chi connectivity index (χ4v) is 6.27. The highest BCUT2D eigenvalue weighted by Gasteiger charge is 2.30. The van der Waals surface area contributed by atoms with Crippen molar-refractivity contribution < 1.29 is 13.9 Å². The maximum atomic E-state index is 11.8. The van der Waals surface area contributed by atoms with E-state index in [1.807, 2.05) is 36.4 Å². The van der Waals surface area contributed by atoms with Crippen LogP contribution in [0.2, 0.25) is 0 Å². The van der Waals surface area contributed by atoms with Crippen LogP contribution in [0.1, 0.15) is 17.5 Å². The minimum atomic E-state index is -2.84. The van der Waals surface area contributed by atoms with Gasteiger partial charge in [-0.1, -0.05) is 29.8 Å². The molecule has 1 atom stereocenters. The average Bonchev–Trinajstić information content (AvgIpc) is 3.22. The van der Waals surface area contributed by atoms with Gasteiger partial charge < -0.3 is 15.5 Å². The topological polar surface area (TPSA) is 103 Å². The van der Waals surface area contributed by atoms with Gasteiger partial charge in [-0.3, -0.25) is 13.9 Å². The van der Waals surface area contributed by atoms with E-state index in [-0.39, 0.29) is 17.6 Å². The van der Waals surface area contributed by atoms with Gasteiger partial charge in [-0.25, -0.2) is 4.98 Å². The summed E-state index contributed by atoms with van der Waals surface area (Å²) in [5, 5.41) is 1.05. The normalized spacial score (nSPS) is 21.3. The van der Waals surface area contributed by atoms with Gasteiger partial charge in [-0.05, 0) is 37.1 Å². The first-order valence-corrected chi connectivity index (χ1v) is 12.6. The molecule has 1 amide bonds. The summed E-state index contributed by atoms with van der Waals surface area (Å²) >= 11 is 0. The number of carbonyl (C=O) groups is 1. The van der Waals surface area contributed by atoms with Crippen LogP contribution in [0, 0.1) is 12.8 Å². The molecule has 2 aromatic carbocycles. The van der Waals surface area contributed by atoms with Crippen molar-refractivity contribution in [3.8, 4) is 0 Å². The average molecular weight is 453 g/mol. The van der Waals surface area contributed by atoms with Crippen LogP contribution >= 0.6 is 10.6 Å². The summed E-state index contributed by atoms with van der Waals surface area (Å²) in [4.78, 5) is 21.7. The largest absolute Gasteiger partial charge is 0.370 e. The van der Waals surface area contributed by atoms with Crippen LogP contribution in [0.25, 0.3) is 10.9 Å². The van der Waals surface area contributed by atoms with E-state index in [2.05, 4.69) is 28.9 Å². The number of nitrogens with zero attached hydrogens (tertiary/aromatic N) is 3. The number of primary amides is 1. The van der Waals surface area contributed by atoms with Gasteiger partial charge in [0.25, 0.3) is 0 Å². The van der Waals surface area contributed by atoms with Gasteiger partial charge in [0, 0.05) is 43.3 Å². The molecule has 32 heavy (non-hydrogen) atoms. The number of amides is 1. The third kappa shape index (κ3) is 3.79. The number of benzene rings is 2. The van der Waals surface area contributed by atoms with Crippen molar-refractivity contribution in [2.24, 2.45) is 11.7 Å². The van der Waals surface area contributed by atoms with Crippen molar-refractivity contribution >= 4 is 38.9 Å². The predicted octanol–water partition coefficient (Wildman–Crippen LogP) is 3.98. The van der Waals surface area contributed by atoms with E-state index >= 15 is 0 Å². The SMILES string of the molecule is Cc1ccc2nc(N3CCS(O)(O)c4ccccc4C3)cc(N3CCC(C(N)=O)C3)c2c1. The molecule has 0 saturated carbocycles. The zero-order chi connectivity index (χ0) is 22.5. The lowest BCUT2D eigenvalue weighted by Gasteiger charge is -2.32. The number of nitrogens with two attached hydrogens (primary N) is 1. The molecule has 3 heterocycles. The molecular weight excluding hydrogens is 424 g/mol. The molecule has 2 aliphatic heterocycles. The molecule has 0 radical (unpaired) electrons. The summed E-state index contributed by atoms with van der Waals surface area (Å²) in [5.74, 6) is 0.660. The Bertz CT molecular complexity index is 1200. The van der Waals surface area contributed by atoms with Gasteiger partial charge in [-0.15, -0.1) is 0 Å². The van der Waals surface area contributed by atoms with Crippen molar-refractivity contribution in [1.82, 2.24) is 4.98 Å². The maximum Gasteiger partial charge on any atom is 0.222 e. The number of pyridine rings is 1. The van der Waals surface area contributed by atoms with E-state index in [0.29, 0.717) is 24.5 Å². The first-order valence-electron chi connectivity index (χ1n) is 10.9. The van der Waals surface area contributed by atoms with Crippen LogP contribution in [-0.4, -0.2) is 45.4 Å². The minimum Gasteiger partial charge on any atom is -0.370 e. The van der Waals surface area contributed by atoms with Crippen molar-refractivity contribution in [1.29, 1.82) is 0 Å². The molecule has 4 N–H and O–H groups in total. The first kappa shape index (κ1) is 21.1. The molecule has 1 unspecified atom stereocenters. The Labute approximate surface area is 189 Å². The van der Waals surface area contributed by atoms with Gasteiger partial charge in [0.05, 0.1) is 22.1 Å². The molecule has 0 spiro atoms. The van der Waals surface area contributed by atoms with Crippen molar-refractivity contribution in [2.45, 2.75) is 24.8 Å². The summed E-state index contributed by atoms with van der Waals surface area (Å²) in [6.07, 6.45) is 0.748. The summed E-state index contributed by atoms with van der Waals surface area (Å²) in [6, 6.07) is 15.8. The second-order valence-electron chi connectivity index (χ2n) is 8.75. The number of rotatable bonds is 3. The van der Waals surface area contributed by atoms with Gasteiger partial charge >= 0.3 is 0 Å². The smallest absolute Gasteiger partial charge is 0.222 e. The lowest BCUT2D eigenvalue weighted by molar-refractivity contribution is -0.121. The Morgan fingerprint density at radius 3 is 2.72 bits per heavy atom. The highest BCUT2D eigenvalue weighted by atomic mass is 32.3. The number of aromatic nitrogens is 1. The molecule has 1 fully saturated rings. The number of anilines is 2. The fraction of sp³-hybridized carbons (Fsp3) is 0.333. The molecule has 1 aromatic heterocycles. The zero-order valence-electron chi connectivity index (χ0n) is 18.1. The Morgan fingerprint density at radius 1 is 1.12 bits per heavy atom. The molecule has 7 nitrogen and oxygen atoms in total. The summed E-state index contributed by atoms with van der Waals surface area (Å²) in [6.45, 7) is 4.48. The third-order valence-electron chi connectivity index (χ3n) is 6.52. The van der Waals surface area contributed by atoms with Crippen LogP contribution < -0.4 is 15.5 Å². The van der Waals surface area contributed by atoms with Crippen LogP contribution in [0.15, 0.2) is 53.4 Å². The number of carbonyl (C=O) groups excluding carboxylic acids is 1.